The first kappa shape index (κ1) is 15.2. The van der Waals surface area contributed by atoms with Gasteiger partial charge in [-0.05, 0) is 41.7 Å². The van der Waals surface area contributed by atoms with E-state index in [1.54, 1.807) is 0 Å². The lowest BCUT2D eigenvalue weighted by molar-refractivity contribution is -0.137. The number of benzene rings is 1. The van der Waals surface area contributed by atoms with Crippen LogP contribution in [0, 0.1) is 5.41 Å². The van der Waals surface area contributed by atoms with Gasteiger partial charge in [0, 0.05) is 13.0 Å². The molecule has 1 fully saturated rings. The van der Waals surface area contributed by atoms with Crippen LogP contribution in [-0.2, 0) is 17.5 Å². The fourth-order valence-electron chi connectivity index (χ4n) is 1.98. The predicted octanol–water partition coefficient (Wildman–Crippen LogP) is 3.42. The van der Waals surface area contributed by atoms with Crippen molar-refractivity contribution >= 4 is 18.5 Å². The number of nitrogens with one attached hydrogen (secondary N) is 1. The molecule has 0 saturated heterocycles. The van der Waals surface area contributed by atoms with E-state index in [0.717, 1.165) is 25.0 Å². The average Bonchev–Trinajstić information content (AvgIpc) is 3.16. The van der Waals surface area contributed by atoms with Crippen molar-refractivity contribution in [3.8, 4) is 0 Å². The van der Waals surface area contributed by atoms with Gasteiger partial charge in [0.15, 0.2) is 0 Å². The molecule has 0 radical (unpaired) electrons. The van der Waals surface area contributed by atoms with Gasteiger partial charge in [0.2, 0.25) is 5.91 Å². The molecule has 2 nitrogen and oxygen atoms in total. The quantitative estimate of drug-likeness (QED) is 0.802. The van der Waals surface area contributed by atoms with Gasteiger partial charge in [-0.15, -0.1) is 0 Å². The lowest BCUT2D eigenvalue weighted by atomic mass is 10.0. The van der Waals surface area contributed by atoms with E-state index in [-0.39, 0.29) is 17.9 Å². The molecule has 1 aromatic rings. The van der Waals surface area contributed by atoms with Gasteiger partial charge in [-0.2, -0.15) is 25.8 Å². The fourth-order valence-corrected chi connectivity index (χ4v) is 2.41. The minimum atomic E-state index is -4.33. The maximum absolute atomic E-state index is 12.4. The van der Waals surface area contributed by atoms with Gasteiger partial charge in [0.1, 0.15) is 0 Å². The second-order valence-electron chi connectivity index (χ2n) is 5.31. The molecule has 1 aliphatic carbocycles. The van der Waals surface area contributed by atoms with Crippen LogP contribution >= 0.6 is 12.6 Å². The lowest BCUT2D eigenvalue weighted by Gasteiger charge is -2.12. The monoisotopic (exact) mass is 303 g/mol. The summed E-state index contributed by atoms with van der Waals surface area (Å²) in [5, 5.41) is 2.73. The number of halogens is 3. The molecule has 0 atom stereocenters. The van der Waals surface area contributed by atoms with Crippen molar-refractivity contribution in [2.45, 2.75) is 32.0 Å². The molecule has 1 N–H and O–H groups in total. The Kier molecular flexibility index (Phi) is 4.32. The highest BCUT2D eigenvalue weighted by atomic mass is 32.1. The highest BCUT2D eigenvalue weighted by Crippen LogP contribution is 2.49. The van der Waals surface area contributed by atoms with Crippen molar-refractivity contribution in [3.63, 3.8) is 0 Å². The molecule has 0 spiro atoms. The molecular formula is C14H16F3NOS. The number of alkyl halides is 3. The molecule has 1 saturated carbocycles. The number of rotatable bonds is 5. The van der Waals surface area contributed by atoms with Crippen LogP contribution in [0.15, 0.2) is 24.3 Å². The summed E-state index contributed by atoms with van der Waals surface area (Å²) in [5.41, 5.74) is 0.0227. The van der Waals surface area contributed by atoms with Gasteiger partial charge in [-0.3, -0.25) is 4.79 Å². The van der Waals surface area contributed by atoms with E-state index in [9.17, 15) is 18.0 Å². The number of thiol groups is 1. The zero-order chi connectivity index (χ0) is 14.8. The molecule has 1 aromatic carbocycles. The minimum absolute atomic E-state index is 0.0489. The standard InChI is InChI=1S/C14H16F3NOS/c15-14(16,17)11-3-1-10(2-4-11)8-18-12(19)7-13(9-20)5-6-13/h1-4,20H,5-9H2,(H,18,19). The Morgan fingerprint density at radius 2 is 1.85 bits per heavy atom. The number of hydrogen-bond donors (Lipinski definition) is 2. The molecular weight excluding hydrogens is 287 g/mol. The van der Waals surface area contributed by atoms with Crippen molar-refractivity contribution < 1.29 is 18.0 Å². The third kappa shape index (κ3) is 3.91. The summed E-state index contributed by atoms with van der Waals surface area (Å²) in [5.74, 6) is 0.622. The van der Waals surface area contributed by atoms with Crippen LogP contribution in [0.3, 0.4) is 0 Å². The zero-order valence-electron chi connectivity index (χ0n) is 10.8. The van der Waals surface area contributed by atoms with Crippen molar-refractivity contribution in [2.24, 2.45) is 5.41 Å². The Balaban J connectivity index is 1.83. The van der Waals surface area contributed by atoms with E-state index >= 15 is 0 Å². The maximum atomic E-state index is 12.4. The zero-order valence-corrected chi connectivity index (χ0v) is 11.7. The van der Waals surface area contributed by atoms with E-state index in [4.69, 9.17) is 0 Å². The first-order chi connectivity index (χ1) is 9.35. The summed E-state index contributed by atoms with van der Waals surface area (Å²) in [7, 11) is 0. The molecule has 110 valence electrons. The van der Waals surface area contributed by atoms with Crippen molar-refractivity contribution in [1.82, 2.24) is 5.32 Å². The molecule has 0 unspecified atom stereocenters. The highest BCUT2D eigenvalue weighted by molar-refractivity contribution is 7.80. The van der Waals surface area contributed by atoms with Gasteiger partial charge in [-0.25, -0.2) is 0 Å². The SMILES string of the molecule is O=C(CC1(CS)CC1)NCc1ccc(C(F)(F)F)cc1. The summed E-state index contributed by atoms with van der Waals surface area (Å²) in [4.78, 5) is 11.7. The summed E-state index contributed by atoms with van der Waals surface area (Å²) in [6.45, 7) is 0.250. The molecule has 0 heterocycles. The Bertz CT molecular complexity index is 480. The smallest absolute Gasteiger partial charge is 0.352 e. The van der Waals surface area contributed by atoms with Crippen molar-refractivity contribution in [3.05, 3.63) is 35.4 Å². The van der Waals surface area contributed by atoms with Crippen LogP contribution in [0.2, 0.25) is 0 Å². The molecule has 2 rings (SSSR count). The Hall–Kier alpha value is -1.17. The first-order valence-electron chi connectivity index (χ1n) is 6.38. The number of hydrogen-bond acceptors (Lipinski definition) is 2. The van der Waals surface area contributed by atoms with Crippen LogP contribution in [0.1, 0.15) is 30.4 Å². The topological polar surface area (TPSA) is 29.1 Å². The largest absolute Gasteiger partial charge is 0.416 e. The highest BCUT2D eigenvalue weighted by Gasteiger charge is 2.42. The maximum Gasteiger partial charge on any atom is 0.416 e. The fraction of sp³-hybridized carbons (Fsp3) is 0.500. The van der Waals surface area contributed by atoms with Crippen LogP contribution in [0.25, 0.3) is 0 Å². The lowest BCUT2D eigenvalue weighted by Crippen LogP contribution is -2.26. The van der Waals surface area contributed by atoms with Gasteiger partial charge in [-0.1, -0.05) is 12.1 Å². The first-order valence-corrected chi connectivity index (χ1v) is 7.02. The van der Waals surface area contributed by atoms with Crippen molar-refractivity contribution in [2.75, 3.05) is 5.75 Å². The second kappa shape index (κ2) is 5.68. The van der Waals surface area contributed by atoms with E-state index in [1.165, 1.54) is 12.1 Å². The van der Waals surface area contributed by atoms with Crippen LogP contribution in [0.5, 0.6) is 0 Å². The number of carbonyl (C=O) groups excluding carboxylic acids is 1. The van der Waals surface area contributed by atoms with E-state index in [2.05, 4.69) is 17.9 Å². The Morgan fingerprint density at radius 3 is 2.30 bits per heavy atom. The van der Waals surface area contributed by atoms with Gasteiger partial charge in [0.25, 0.3) is 0 Å². The molecule has 1 aliphatic rings. The Morgan fingerprint density at radius 1 is 1.25 bits per heavy atom. The predicted molar refractivity (Wildman–Crippen MR) is 73.4 cm³/mol. The van der Waals surface area contributed by atoms with Crippen LogP contribution in [-0.4, -0.2) is 11.7 Å². The van der Waals surface area contributed by atoms with E-state index in [0.29, 0.717) is 17.7 Å². The number of carbonyl (C=O) groups is 1. The summed E-state index contributed by atoms with van der Waals surface area (Å²) in [6.07, 6.45) is -1.85. The van der Waals surface area contributed by atoms with E-state index in [1.807, 2.05) is 0 Å². The minimum Gasteiger partial charge on any atom is -0.352 e. The molecule has 0 bridgehead atoms. The third-order valence-electron chi connectivity index (χ3n) is 3.60. The van der Waals surface area contributed by atoms with Crippen molar-refractivity contribution in [1.29, 1.82) is 0 Å². The number of amides is 1. The van der Waals surface area contributed by atoms with E-state index < -0.39 is 11.7 Å². The molecule has 0 aromatic heterocycles. The Labute approximate surface area is 121 Å². The molecule has 0 aliphatic heterocycles. The van der Waals surface area contributed by atoms with Gasteiger partial charge < -0.3 is 5.32 Å². The summed E-state index contributed by atoms with van der Waals surface area (Å²) < 4.78 is 37.2. The average molecular weight is 303 g/mol. The molecule has 6 heteroatoms. The summed E-state index contributed by atoms with van der Waals surface area (Å²) >= 11 is 4.23. The van der Waals surface area contributed by atoms with Gasteiger partial charge in [0.05, 0.1) is 5.56 Å². The van der Waals surface area contributed by atoms with Crippen LogP contribution < -0.4 is 5.32 Å². The normalized spacial score (nSPS) is 16.8. The third-order valence-corrected chi connectivity index (χ3v) is 4.27. The molecule has 1 amide bonds. The summed E-state index contributed by atoms with van der Waals surface area (Å²) in [6, 6.07) is 4.82. The molecule has 20 heavy (non-hydrogen) atoms. The van der Waals surface area contributed by atoms with Crippen LogP contribution in [0.4, 0.5) is 13.2 Å². The van der Waals surface area contributed by atoms with Gasteiger partial charge >= 0.3 is 6.18 Å². The second-order valence-corrected chi connectivity index (χ2v) is 5.62.